The molecular weight excluding hydrogens is 248 g/mol. The smallest absolute Gasteiger partial charge is 0.128 e. The first kappa shape index (κ1) is 12.1. The highest BCUT2D eigenvalue weighted by atomic mass is 19.1. The lowest BCUT2D eigenvalue weighted by Crippen LogP contribution is -2.22. The molecule has 3 rings (SSSR count). The van der Waals surface area contributed by atoms with Gasteiger partial charge in [0, 0.05) is 23.1 Å². The van der Waals surface area contributed by atoms with Crippen LogP contribution in [0.3, 0.4) is 0 Å². The Labute approximate surface area is 109 Å². The summed E-state index contributed by atoms with van der Waals surface area (Å²) >= 11 is 0. The Morgan fingerprint density at radius 3 is 2.79 bits per heavy atom. The summed E-state index contributed by atoms with van der Waals surface area (Å²) in [5.41, 5.74) is 7.23. The van der Waals surface area contributed by atoms with Crippen molar-refractivity contribution in [3.8, 4) is 5.75 Å². The Morgan fingerprint density at radius 2 is 1.95 bits per heavy atom. The van der Waals surface area contributed by atoms with Gasteiger partial charge in [0.25, 0.3) is 0 Å². The van der Waals surface area contributed by atoms with Gasteiger partial charge in [-0.15, -0.1) is 0 Å². The van der Waals surface area contributed by atoms with E-state index in [9.17, 15) is 8.78 Å². The first-order chi connectivity index (χ1) is 9.16. The molecule has 1 aliphatic rings. The fourth-order valence-corrected chi connectivity index (χ4v) is 2.47. The van der Waals surface area contributed by atoms with Gasteiger partial charge in [-0.25, -0.2) is 8.78 Å². The van der Waals surface area contributed by atoms with E-state index in [1.54, 1.807) is 0 Å². The lowest BCUT2D eigenvalue weighted by Gasteiger charge is -2.19. The topological polar surface area (TPSA) is 35.2 Å². The highest BCUT2D eigenvalue weighted by Gasteiger charge is 2.31. The van der Waals surface area contributed by atoms with Crippen LogP contribution in [0.2, 0.25) is 0 Å². The van der Waals surface area contributed by atoms with E-state index < -0.39 is 17.7 Å². The Morgan fingerprint density at radius 1 is 1.16 bits per heavy atom. The van der Waals surface area contributed by atoms with E-state index in [-0.39, 0.29) is 11.5 Å². The van der Waals surface area contributed by atoms with Crippen LogP contribution in [0.1, 0.15) is 23.1 Å². The Bertz CT molecular complexity index is 615. The van der Waals surface area contributed by atoms with Crippen LogP contribution in [0.15, 0.2) is 42.5 Å². The van der Waals surface area contributed by atoms with Gasteiger partial charge in [0.15, 0.2) is 0 Å². The molecule has 0 aromatic heterocycles. The van der Waals surface area contributed by atoms with Gasteiger partial charge in [0.05, 0.1) is 6.61 Å². The minimum absolute atomic E-state index is 0.160. The summed E-state index contributed by atoms with van der Waals surface area (Å²) in [4.78, 5) is 0. The van der Waals surface area contributed by atoms with Crippen LogP contribution in [0.5, 0.6) is 5.75 Å². The van der Waals surface area contributed by atoms with E-state index in [1.165, 1.54) is 0 Å². The summed E-state index contributed by atoms with van der Waals surface area (Å²) in [6.07, 6.45) is 0. The molecule has 0 aliphatic carbocycles. The Balaban J connectivity index is 1.97. The maximum atomic E-state index is 13.8. The molecule has 19 heavy (non-hydrogen) atoms. The average molecular weight is 261 g/mol. The van der Waals surface area contributed by atoms with Gasteiger partial charge < -0.3 is 10.5 Å². The third-order valence-corrected chi connectivity index (χ3v) is 3.49. The van der Waals surface area contributed by atoms with Gasteiger partial charge in [-0.1, -0.05) is 18.2 Å². The molecule has 2 aromatic carbocycles. The summed E-state index contributed by atoms with van der Waals surface area (Å²) in [7, 11) is 0. The molecule has 1 aliphatic heterocycles. The number of rotatable bonds is 2. The molecule has 0 saturated heterocycles. The average Bonchev–Trinajstić information content (AvgIpc) is 2.84. The lowest BCUT2D eigenvalue weighted by molar-refractivity contribution is 0.313. The molecule has 0 fully saturated rings. The third kappa shape index (κ3) is 2.08. The monoisotopic (exact) mass is 261 g/mol. The second-order valence-electron chi connectivity index (χ2n) is 4.65. The fourth-order valence-electron chi connectivity index (χ4n) is 2.47. The number of ether oxygens (including phenoxy) is 1. The number of para-hydroxylation sites is 1. The molecule has 0 amide bonds. The molecule has 4 heteroatoms. The standard InChI is InChI=1S/C15H13F2NO/c16-9-5-6-13(17)11(7-9)15(18)12-8-19-14-4-2-1-3-10(12)14/h1-7,12,15H,8,18H2. The number of hydrogen-bond acceptors (Lipinski definition) is 2. The van der Waals surface area contributed by atoms with Crippen molar-refractivity contribution >= 4 is 0 Å². The predicted molar refractivity (Wildman–Crippen MR) is 68.0 cm³/mol. The zero-order chi connectivity index (χ0) is 13.4. The van der Waals surface area contributed by atoms with Crippen LogP contribution in [-0.4, -0.2) is 6.61 Å². The van der Waals surface area contributed by atoms with Crippen molar-refractivity contribution in [2.45, 2.75) is 12.0 Å². The van der Waals surface area contributed by atoms with E-state index in [0.29, 0.717) is 6.61 Å². The molecule has 2 unspecified atom stereocenters. The number of benzene rings is 2. The number of fused-ring (bicyclic) bond motifs is 1. The normalized spacial score (nSPS) is 18.8. The second-order valence-corrected chi connectivity index (χ2v) is 4.65. The molecule has 1 heterocycles. The molecule has 0 radical (unpaired) electrons. The molecule has 2 aromatic rings. The van der Waals surface area contributed by atoms with Gasteiger partial charge in [0.2, 0.25) is 0 Å². The van der Waals surface area contributed by atoms with Crippen molar-refractivity contribution in [3.05, 3.63) is 65.2 Å². The quantitative estimate of drug-likeness (QED) is 0.901. The Kier molecular flexibility index (Phi) is 2.95. The highest BCUT2D eigenvalue weighted by Crippen LogP contribution is 2.40. The van der Waals surface area contributed by atoms with Crippen LogP contribution in [-0.2, 0) is 0 Å². The SMILES string of the molecule is NC(c1cc(F)ccc1F)C1COc2ccccc21. The predicted octanol–water partition coefficient (Wildman–Crippen LogP) is 3.14. The fraction of sp³-hybridized carbons (Fsp3) is 0.200. The zero-order valence-corrected chi connectivity index (χ0v) is 10.1. The molecule has 98 valence electrons. The minimum Gasteiger partial charge on any atom is -0.493 e. The number of hydrogen-bond donors (Lipinski definition) is 1. The van der Waals surface area contributed by atoms with E-state index in [1.807, 2.05) is 24.3 Å². The lowest BCUT2D eigenvalue weighted by atomic mass is 9.89. The van der Waals surface area contributed by atoms with Crippen LogP contribution in [0.25, 0.3) is 0 Å². The van der Waals surface area contributed by atoms with Crippen molar-refractivity contribution in [2.75, 3.05) is 6.61 Å². The van der Waals surface area contributed by atoms with Gasteiger partial charge >= 0.3 is 0 Å². The van der Waals surface area contributed by atoms with Crippen molar-refractivity contribution in [3.63, 3.8) is 0 Å². The summed E-state index contributed by atoms with van der Waals surface area (Å²) in [5, 5.41) is 0. The molecule has 2 atom stereocenters. The van der Waals surface area contributed by atoms with E-state index in [0.717, 1.165) is 29.5 Å². The van der Waals surface area contributed by atoms with Crippen molar-refractivity contribution < 1.29 is 13.5 Å². The van der Waals surface area contributed by atoms with Crippen molar-refractivity contribution in [2.24, 2.45) is 5.73 Å². The number of halogens is 2. The first-order valence-electron chi connectivity index (χ1n) is 6.09. The van der Waals surface area contributed by atoms with Crippen molar-refractivity contribution in [1.29, 1.82) is 0 Å². The van der Waals surface area contributed by atoms with E-state index >= 15 is 0 Å². The summed E-state index contributed by atoms with van der Waals surface area (Å²) in [6, 6.07) is 10.2. The molecule has 2 N–H and O–H groups in total. The zero-order valence-electron chi connectivity index (χ0n) is 10.1. The van der Waals surface area contributed by atoms with Crippen molar-refractivity contribution in [1.82, 2.24) is 0 Å². The molecular formula is C15H13F2NO. The third-order valence-electron chi connectivity index (χ3n) is 3.49. The highest BCUT2D eigenvalue weighted by molar-refractivity contribution is 5.42. The Hall–Kier alpha value is -1.94. The minimum atomic E-state index is -0.626. The summed E-state index contributed by atoms with van der Waals surface area (Å²) < 4.78 is 32.5. The molecule has 0 bridgehead atoms. The van der Waals surface area contributed by atoms with Gasteiger partial charge in [0.1, 0.15) is 17.4 Å². The summed E-state index contributed by atoms with van der Waals surface area (Å²) in [6.45, 7) is 0.385. The van der Waals surface area contributed by atoms with Gasteiger partial charge in [-0.2, -0.15) is 0 Å². The maximum absolute atomic E-state index is 13.8. The van der Waals surface area contributed by atoms with E-state index in [2.05, 4.69) is 0 Å². The van der Waals surface area contributed by atoms with Gasteiger partial charge in [-0.3, -0.25) is 0 Å². The second kappa shape index (κ2) is 4.63. The van der Waals surface area contributed by atoms with Crippen LogP contribution < -0.4 is 10.5 Å². The summed E-state index contributed by atoms with van der Waals surface area (Å²) in [5.74, 6) is -0.371. The number of nitrogens with two attached hydrogens (primary N) is 1. The molecule has 0 spiro atoms. The van der Waals surface area contributed by atoms with Gasteiger partial charge in [-0.05, 0) is 24.3 Å². The van der Waals surface area contributed by atoms with Crippen LogP contribution >= 0.6 is 0 Å². The largest absolute Gasteiger partial charge is 0.493 e. The molecule has 2 nitrogen and oxygen atoms in total. The first-order valence-corrected chi connectivity index (χ1v) is 6.09. The van der Waals surface area contributed by atoms with Crippen LogP contribution in [0, 0.1) is 11.6 Å². The molecule has 0 saturated carbocycles. The van der Waals surface area contributed by atoms with E-state index in [4.69, 9.17) is 10.5 Å². The maximum Gasteiger partial charge on any atom is 0.128 e. The van der Waals surface area contributed by atoms with Crippen LogP contribution in [0.4, 0.5) is 8.78 Å².